The molecule has 3 aromatic heterocycles. The fraction of sp³-hybridized carbons (Fsp3) is 0.280. The van der Waals surface area contributed by atoms with Gasteiger partial charge in [0.25, 0.3) is 0 Å². The van der Waals surface area contributed by atoms with Gasteiger partial charge in [-0.15, -0.1) is 0 Å². The van der Waals surface area contributed by atoms with Gasteiger partial charge in [0.15, 0.2) is 0 Å². The topological polar surface area (TPSA) is 86.7 Å². The molecule has 31 heavy (non-hydrogen) atoms. The number of carbonyl (C=O) groups excluding carboxylic acids is 1. The van der Waals surface area contributed by atoms with Crippen LogP contribution in [0.3, 0.4) is 0 Å². The number of primary amides is 1. The van der Waals surface area contributed by atoms with Crippen molar-refractivity contribution >= 4 is 16.8 Å². The van der Waals surface area contributed by atoms with Crippen molar-refractivity contribution in [2.75, 3.05) is 0 Å². The number of pyridine rings is 2. The van der Waals surface area contributed by atoms with E-state index in [0.29, 0.717) is 17.5 Å². The van der Waals surface area contributed by atoms with E-state index >= 15 is 0 Å². The third kappa shape index (κ3) is 2.78. The van der Waals surface area contributed by atoms with Crippen molar-refractivity contribution < 1.29 is 4.79 Å². The molecule has 3 aliphatic rings. The summed E-state index contributed by atoms with van der Waals surface area (Å²) in [7, 11) is 0. The normalized spacial score (nSPS) is 19.5. The average molecular weight is 409 g/mol. The monoisotopic (exact) mass is 409 g/mol. The fourth-order valence-electron chi connectivity index (χ4n) is 5.35. The number of fused-ring (bicyclic) bond motifs is 3. The third-order valence-electron chi connectivity index (χ3n) is 6.80. The van der Waals surface area contributed by atoms with Crippen molar-refractivity contribution in [3.8, 4) is 22.5 Å². The molecular weight excluding hydrogens is 386 g/mol. The van der Waals surface area contributed by atoms with E-state index in [1.165, 1.54) is 31.4 Å². The molecule has 0 spiro atoms. The number of benzene rings is 1. The molecule has 0 radical (unpaired) electrons. The van der Waals surface area contributed by atoms with Crippen molar-refractivity contribution in [1.82, 2.24) is 19.7 Å². The van der Waals surface area contributed by atoms with Gasteiger partial charge in [-0.25, -0.2) is 0 Å². The van der Waals surface area contributed by atoms with E-state index < -0.39 is 5.91 Å². The Morgan fingerprint density at radius 3 is 2.71 bits per heavy atom. The number of hydrogen-bond acceptors (Lipinski definition) is 4. The van der Waals surface area contributed by atoms with E-state index in [4.69, 9.17) is 15.8 Å². The first-order valence-electron chi connectivity index (χ1n) is 10.9. The van der Waals surface area contributed by atoms with Gasteiger partial charge in [-0.05, 0) is 74.6 Å². The Morgan fingerprint density at radius 1 is 1.10 bits per heavy atom. The lowest BCUT2D eigenvalue weighted by molar-refractivity contribution is 0.100. The summed E-state index contributed by atoms with van der Waals surface area (Å²) >= 11 is 0. The van der Waals surface area contributed by atoms with Crippen LogP contribution in [0.1, 0.15) is 59.4 Å². The largest absolute Gasteiger partial charge is 0.366 e. The van der Waals surface area contributed by atoms with Gasteiger partial charge in [0.05, 0.1) is 22.9 Å². The van der Waals surface area contributed by atoms with Gasteiger partial charge in [0.2, 0.25) is 5.91 Å². The molecule has 6 heteroatoms. The average Bonchev–Trinajstić information content (AvgIpc) is 3.22. The highest BCUT2D eigenvalue weighted by Gasteiger charge is 2.38. The summed E-state index contributed by atoms with van der Waals surface area (Å²) in [6.07, 6.45) is 6.59. The Hall–Kier alpha value is -3.54. The molecule has 2 N–H and O–H groups in total. The van der Waals surface area contributed by atoms with Crippen molar-refractivity contribution in [1.29, 1.82) is 0 Å². The van der Waals surface area contributed by atoms with Gasteiger partial charge >= 0.3 is 0 Å². The first-order valence-corrected chi connectivity index (χ1v) is 10.9. The van der Waals surface area contributed by atoms with E-state index in [2.05, 4.69) is 9.67 Å². The van der Waals surface area contributed by atoms with Crippen LogP contribution in [0.25, 0.3) is 33.4 Å². The maximum atomic E-state index is 11.9. The van der Waals surface area contributed by atoms with Crippen molar-refractivity contribution in [2.24, 2.45) is 5.73 Å². The number of nitrogens with two attached hydrogens (primary N) is 1. The summed E-state index contributed by atoms with van der Waals surface area (Å²) in [6.45, 7) is 2.00. The molecule has 1 aromatic carbocycles. The zero-order valence-electron chi connectivity index (χ0n) is 17.4. The van der Waals surface area contributed by atoms with Crippen molar-refractivity contribution in [2.45, 2.75) is 44.6 Å². The van der Waals surface area contributed by atoms with Gasteiger partial charge in [-0.3, -0.25) is 19.4 Å². The standard InChI is InChI=1S/C25H23N5O/c1-14-3-2-4-21(28-14)23-22(24-15-5-8-17(9-6-15)30(24)29-23)18-11-12-27-20-10-7-16(25(26)31)13-19(18)20/h2-4,7,10-13,15,17H,5-6,8-9H2,1H3,(H2,26,31). The summed E-state index contributed by atoms with van der Waals surface area (Å²) in [5.41, 5.74) is 13.1. The smallest absolute Gasteiger partial charge is 0.248 e. The van der Waals surface area contributed by atoms with E-state index in [1.54, 1.807) is 6.07 Å². The highest BCUT2D eigenvalue weighted by atomic mass is 16.1. The molecule has 1 aliphatic carbocycles. The van der Waals surface area contributed by atoms with E-state index in [1.807, 2.05) is 49.5 Å². The second-order valence-corrected chi connectivity index (χ2v) is 8.68. The van der Waals surface area contributed by atoms with Crippen molar-refractivity contribution in [3.05, 3.63) is 65.6 Å². The van der Waals surface area contributed by atoms with Gasteiger partial charge in [-0.2, -0.15) is 5.10 Å². The number of nitrogens with zero attached hydrogens (tertiary/aromatic N) is 4. The quantitative estimate of drug-likeness (QED) is 0.527. The molecule has 1 fully saturated rings. The van der Waals surface area contributed by atoms with Crippen LogP contribution >= 0.6 is 0 Å². The molecule has 4 aromatic rings. The number of aryl methyl sites for hydroxylation is 1. The summed E-state index contributed by atoms with van der Waals surface area (Å²) in [5.74, 6) is 0.0574. The van der Waals surface area contributed by atoms with Crippen LogP contribution < -0.4 is 5.73 Å². The Bertz CT molecular complexity index is 1350. The molecule has 0 saturated heterocycles. The summed E-state index contributed by atoms with van der Waals surface area (Å²) in [6, 6.07) is 14.0. The molecule has 1 saturated carbocycles. The first-order chi connectivity index (χ1) is 15.1. The second-order valence-electron chi connectivity index (χ2n) is 8.68. The summed E-state index contributed by atoms with van der Waals surface area (Å²) < 4.78 is 2.26. The lowest BCUT2D eigenvalue weighted by atomic mass is 9.77. The molecular formula is C25H23N5O. The molecule has 7 rings (SSSR count). The minimum atomic E-state index is -0.437. The number of rotatable bonds is 3. The summed E-state index contributed by atoms with van der Waals surface area (Å²) in [4.78, 5) is 21.2. The minimum Gasteiger partial charge on any atom is -0.366 e. The molecule has 154 valence electrons. The number of aromatic nitrogens is 4. The number of carbonyl (C=O) groups is 1. The first kappa shape index (κ1) is 18.2. The highest BCUT2D eigenvalue weighted by molar-refractivity contribution is 6.03. The Morgan fingerprint density at radius 2 is 1.94 bits per heavy atom. The van der Waals surface area contributed by atoms with Crippen molar-refractivity contribution in [3.63, 3.8) is 0 Å². The lowest BCUT2D eigenvalue weighted by Gasteiger charge is -2.37. The van der Waals surface area contributed by atoms with Crippen LogP contribution in [-0.2, 0) is 0 Å². The fourth-order valence-corrected chi connectivity index (χ4v) is 5.35. The molecule has 0 atom stereocenters. The SMILES string of the molecule is Cc1cccc(-c2nn3c(c2-c2ccnc4ccc(C(N)=O)cc24)C2CCC3CC2)n1. The van der Waals surface area contributed by atoms with Crippen LogP contribution in [0.4, 0.5) is 0 Å². The van der Waals surface area contributed by atoms with Gasteiger partial charge in [0.1, 0.15) is 5.69 Å². The maximum Gasteiger partial charge on any atom is 0.248 e. The molecule has 1 amide bonds. The maximum absolute atomic E-state index is 11.9. The van der Waals surface area contributed by atoms with Gasteiger partial charge in [0, 0.05) is 34.3 Å². The van der Waals surface area contributed by atoms with E-state index in [0.717, 1.165) is 39.1 Å². The van der Waals surface area contributed by atoms with E-state index in [9.17, 15) is 4.79 Å². The zero-order chi connectivity index (χ0) is 21.1. The molecule has 5 heterocycles. The van der Waals surface area contributed by atoms with Gasteiger partial charge < -0.3 is 5.73 Å². The van der Waals surface area contributed by atoms with Gasteiger partial charge in [-0.1, -0.05) is 6.07 Å². The molecule has 2 aliphatic heterocycles. The Kier molecular flexibility index (Phi) is 3.96. The Labute approximate surface area is 180 Å². The lowest BCUT2D eigenvalue weighted by Crippen LogP contribution is -2.28. The zero-order valence-corrected chi connectivity index (χ0v) is 17.4. The second kappa shape index (κ2) is 6.74. The van der Waals surface area contributed by atoms with E-state index in [-0.39, 0.29) is 0 Å². The number of amides is 1. The van der Waals surface area contributed by atoms with Crippen LogP contribution in [0.2, 0.25) is 0 Å². The minimum absolute atomic E-state index is 0.437. The molecule has 0 unspecified atom stereocenters. The molecule has 6 nitrogen and oxygen atoms in total. The predicted octanol–water partition coefficient (Wildman–Crippen LogP) is 4.78. The Balaban J connectivity index is 1.69. The molecule has 2 bridgehead atoms. The van der Waals surface area contributed by atoms with Crippen LogP contribution in [-0.4, -0.2) is 25.7 Å². The number of hydrogen-bond donors (Lipinski definition) is 1. The highest BCUT2D eigenvalue weighted by Crippen LogP contribution is 2.51. The third-order valence-corrected chi connectivity index (χ3v) is 6.80. The van der Waals surface area contributed by atoms with Crippen LogP contribution in [0.15, 0.2) is 48.7 Å². The summed E-state index contributed by atoms with van der Waals surface area (Å²) in [5, 5.41) is 6.05. The van der Waals surface area contributed by atoms with Crippen LogP contribution in [0, 0.1) is 6.92 Å². The predicted molar refractivity (Wildman–Crippen MR) is 120 cm³/mol. The van der Waals surface area contributed by atoms with Crippen LogP contribution in [0.5, 0.6) is 0 Å².